The number of carbonyl (C=O) groups is 1. The van der Waals surface area contributed by atoms with Crippen LogP contribution in [0.25, 0.3) is 0 Å². The molecule has 1 heterocycles. The Hall–Kier alpha value is -0.190. The Balaban J connectivity index is 2.11. The van der Waals surface area contributed by atoms with Crippen LogP contribution >= 0.6 is 34.9 Å². The minimum absolute atomic E-state index is 0.136. The lowest BCUT2D eigenvalue weighted by Gasteiger charge is -2.04. The minimum atomic E-state index is -0.623. The molecule has 0 spiro atoms. The molecule has 0 aliphatic carbocycles. The number of ether oxygens (including phenoxy) is 1. The van der Waals surface area contributed by atoms with Gasteiger partial charge in [-0.1, -0.05) is 34.9 Å². The topological polar surface area (TPSA) is 92.5 Å². The van der Waals surface area contributed by atoms with E-state index >= 15 is 0 Å². The van der Waals surface area contributed by atoms with Gasteiger partial charge in [0.2, 0.25) is 0 Å². The quantitative estimate of drug-likeness (QED) is 0.332. The standard InChI is InChI=1S/C11H18N2O4S3/c14-3-4-17-5-7-19-11-13-12-10(20-11)18-6-1-2-9(16)8-15/h3,9,15-16H,1-2,4-8H2. The molecule has 2 N–H and O–H groups in total. The van der Waals surface area contributed by atoms with E-state index in [-0.39, 0.29) is 13.2 Å². The largest absolute Gasteiger partial charge is 0.394 e. The summed E-state index contributed by atoms with van der Waals surface area (Å²) in [5.41, 5.74) is 0. The summed E-state index contributed by atoms with van der Waals surface area (Å²) in [6.07, 6.45) is 1.53. The lowest BCUT2D eigenvalue weighted by atomic mass is 10.2. The van der Waals surface area contributed by atoms with Gasteiger partial charge in [0.15, 0.2) is 8.68 Å². The number of rotatable bonds is 12. The second kappa shape index (κ2) is 11.5. The average Bonchev–Trinajstić information content (AvgIpc) is 2.91. The van der Waals surface area contributed by atoms with Gasteiger partial charge in [-0.05, 0) is 12.8 Å². The molecular formula is C11H18N2O4S3. The Morgan fingerprint density at radius 2 is 2.00 bits per heavy atom. The van der Waals surface area contributed by atoms with Gasteiger partial charge < -0.3 is 19.7 Å². The Kier molecular flexibility index (Phi) is 10.2. The average molecular weight is 338 g/mol. The second-order valence-corrected chi connectivity index (χ2v) is 7.41. The first-order valence-corrected chi connectivity index (χ1v) is 8.94. The van der Waals surface area contributed by atoms with Crippen molar-refractivity contribution in [2.75, 3.05) is 31.3 Å². The lowest BCUT2D eigenvalue weighted by molar-refractivity contribution is -0.111. The van der Waals surface area contributed by atoms with Gasteiger partial charge >= 0.3 is 0 Å². The third-order valence-electron chi connectivity index (χ3n) is 2.14. The van der Waals surface area contributed by atoms with Crippen molar-refractivity contribution >= 4 is 41.1 Å². The minimum Gasteiger partial charge on any atom is -0.394 e. The SMILES string of the molecule is O=CCOCCSc1nnc(SCCCC(O)CO)s1. The first-order valence-electron chi connectivity index (χ1n) is 6.15. The maximum absolute atomic E-state index is 10.0. The molecule has 6 nitrogen and oxygen atoms in total. The van der Waals surface area contributed by atoms with Gasteiger partial charge in [-0.25, -0.2) is 0 Å². The Morgan fingerprint density at radius 1 is 1.30 bits per heavy atom. The van der Waals surface area contributed by atoms with Crippen LogP contribution in [0.2, 0.25) is 0 Å². The molecule has 9 heteroatoms. The van der Waals surface area contributed by atoms with Crippen molar-refractivity contribution in [3.63, 3.8) is 0 Å². The molecule has 0 aromatic carbocycles. The molecular weight excluding hydrogens is 320 g/mol. The molecule has 1 aromatic heterocycles. The molecule has 1 rings (SSSR count). The summed E-state index contributed by atoms with van der Waals surface area (Å²) >= 11 is 4.69. The molecule has 0 aliphatic heterocycles. The van der Waals surface area contributed by atoms with Crippen LogP contribution in [0.5, 0.6) is 0 Å². The smallest absolute Gasteiger partial charge is 0.175 e. The molecule has 1 unspecified atom stereocenters. The summed E-state index contributed by atoms with van der Waals surface area (Å²) in [6, 6.07) is 0. The van der Waals surface area contributed by atoms with Gasteiger partial charge in [-0.3, -0.25) is 0 Å². The van der Waals surface area contributed by atoms with Crippen molar-refractivity contribution < 1.29 is 19.7 Å². The Labute approximate surface area is 130 Å². The van der Waals surface area contributed by atoms with Crippen molar-refractivity contribution in [3.8, 4) is 0 Å². The molecule has 0 saturated heterocycles. The number of nitrogens with zero attached hydrogens (tertiary/aromatic N) is 2. The normalized spacial score (nSPS) is 12.5. The highest BCUT2D eigenvalue weighted by Gasteiger charge is 2.06. The fourth-order valence-electron chi connectivity index (χ4n) is 1.20. The molecule has 0 radical (unpaired) electrons. The first kappa shape index (κ1) is 17.9. The van der Waals surface area contributed by atoms with Crippen LogP contribution in [0.15, 0.2) is 8.68 Å². The number of aliphatic hydroxyl groups excluding tert-OH is 2. The van der Waals surface area contributed by atoms with Crippen LogP contribution in [-0.2, 0) is 9.53 Å². The van der Waals surface area contributed by atoms with E-state index in [9.17, 15) is 9.90 Å². The molecule has 1 atom stereocenters. The van der Waals surface area contributed by atoms with Gasteiger partial charge in [0.25, 0.3) is 0 Å². The summed E-state index contributed by atoms with van der Waals surface area (Å²) in [7, 11) is 0. The van der Waals surface area contributed by atoms with Gasteiger partial charge in [0.1, 0.15) is 12.9 Å². The van der Waals surface area contributed by atoms with Gasteiger partial charge in [-0.15, -0.1) is 10.2 Å². The zero-order chi connectivity index (χ0) is 14.6. The number of carbonyl (C=O) groups excluding carboxylic acids is 1. The number of aldehydes is 1. The fourth-order valence-corrected chi connectivity index (χ4v) is 4.18. The monoisotopic (exact) mass is 338 g/mol. The summed E-state index contributed by atoms with van der Waals surface area (Å²) in [6.45, 7) is 0.471. The highest BCUT2D eigenvalue weighted by Crippen LogP contribution is 2.29. The molecule has 0 amide bonds. The van der Waals surface area contributed by atoms with Crippen molar-refractivity contribution in [1.82, 2.24) is 10.2 Å². The third kappa shape index (κ3) is 8.18. The van der Waals surface area contributed by atoms with Gasteiger partial charge in [0.05, 0.1) is 19.3 Å². The predicted molar refractivity (Wildman–Crippen MR) is 80.6 cm³/mol. The molecule has 0 saturated carbocycles. The lowest BCUT2D eigenvalue weighted by Crippen LogP contribution is -2.11. The highest BCUT2D eigenvalue weighted by atomic mass is 32.2. The van der Waals surface area contributed by atoms with Gasteiger partial charge in [-0.2, -0.15) is 0 Å². The van der Waals surface area contributed by atoms with Crippen LogP contribution in [0.3, 0.4) is 0 Å². The van der Waals surface area contributed by atoms with E-state index in [4.69, 9.17) is 9.84 Å². The van der Waals surface area contributed by atoms with Crippen LogP contribution in [0.1, 0.15) is 12.8 Å². The molecule has 20 heavy (non-hydrogen) atoms. The molecule has 1 aromatic rings. The number of hydrogen-bond acceptors (Lipinski definition) is 9. The van der Waals surface area contributed by atoms with E-state index < -0.39 is 6.10 Å². The van der Waals surface area contributed by atoms with Crippen LogP contribution in [0.4, 0.5) is 0 Å². The van der Waals surface area contributed by atoms with E-state index in [1.165, 1.54) is 11.3 Å². The fraction of sp³-hybridized carbons (Fsp3) is 0.727. The zero-order valence-electron chi connectivity index (χ0n) is 10.9. The predicted octanol–water partition coefficient (Wildman–Crippen LogP) is 1.07. The highest BCUT2D eigenvalue weighted by molar-refractivity contribution is 8.03. The molecule has 0 fully saturated rings. The Morgan fingerprint density at radius 3 is 2.65 bits per heavy atom. The van der Waals surface area contributed by atoms with Crippen LogP contribution in [-0.4, -0.2) is 64.1 Å². The summed E-state index contributed by atoms with van der Waals surface area (Å²) < 4.78 is 6.83. The molecule has 0 bridgehead atoms. The van der Waals surface area contributed by atoms with Crippen molar-refractivity contribution in [2.45, 2.75) is 27.6 Å². The van der Waals surface area contributed by atoms with E-state index in [2.05, 4.69) is 10.2 Å². The van der Waals surface area contributed by atoms with Crippen molar-refractivity contribution in [1.29, 1.82) is 0 Å². The van der Waals surface area contributed by atoms with Crippen LogP contribution in [0, 0.1) is 0 Å². The van der Waals surface area contributed by atoms with E-state index in [0.29, 0.717) is 13.0 Å². The molecule has 0 aliphatic rings. The van der Waals surface area contributed by atoms with E-state index in [0.717, 1.165) is 32.9 Å². The Bertz CT molecular complexity index is 378. The summed E-state index contributed by atoms with van der Waals surface area (Å²) in [5, 5.41) is 26.0. The third-order valence-corrected chi connectivity index (χ3v) is 5.39. The first-order chi connectivity index (χ1) is 9.76. The molecule has 114 valence electrons. The van der Waals surface area contributed by atoms with E-state index in [1.807, 2.05) is 0 Å². The number of aromatic nitrogens is 2. The second-order valence-electron chi connectivity index (χ2n) is 3.75. The number of thioether (sulfide) groups is 2. The van der Waals surface area contributed by atoms with Gasteiger partial charge in [0, 0.05) is 11.5 Å². The van der Waals surface area contributed by atoms with Crippen molar-refractivity contribution in [3.05, 3.63) is 0 Å². The number of aliphatic hydroxyl groups is 2. The summed E-state index contributed by atoms with van der Waals surface area (Å²) in [4.78, 5) is 10.0. The van der Waals surface area contributed by atoms with Crippen LogP contribution < -0.4 is 0 Å². The van der Waals surface area contributed by atoms with E-state index in [1.54, 1.807) is 23.5 Å². The zero-order valence-corrected chi connectivity index (χ0v) is 13.4. The summed E-state index contributed by atoms with van der Waals surface area (Å²) in [5.74, 6) is 1.59. The van der Waals surface area contributed by atoms with Crippen molar-refractivity contribution in [2.24, 2.45) is 0 Å². The number of hydrogen-bond donors (Lipinski definition) is 2. The maximum atomic E-state index is 10.0. The maximum Gasteiger partial charge on any atom is 0.175 e.